The fourth-order valence-electron chi connectivity index (χ4n) is 1.83. The molecule has 1 fully saturated rings. The first-order valence-electron chi connectivity index (χ1n) is 5.40. The average Bonchev–Trinajstić information content (AvgIpc) is 2.30. The first-order valence-corrected chi connectivity index (χ1v) is 5.40. The fourth-order valence-corrected chi connectivity index (χ4v) is 1.83. The van der Waals surface area contributed by atoms with Gasteiger partial charge in [0.2, 0.25) is 0 Å². The van der Waals surface area contributed by atoms with Crippen LogP contribution in [0.15, 0.2) is 12.5 Å². The van der Waals surface area contributed by atoms with Crippen LogP contribution in [0.4, 0.5) is 0 Å². The summed E-state index contributed by atoms with van der Waals surface area (Å²) in [5.41, 5.74) is 2.29. The Bertz CT molecular complexity index is 321. The van der Waals surface area contributed by atoms with Crippen molar-refractivity contribution in [3.8, 4) is 0 Å². The van der Waals surface area contributed by atoms with E-state index in [1.165, 1.54) is 5.56 Å². The van der Waals surface area contributed by atoms with Gasteiger partial charge in [-0.15, -0.1) is 0 Å². The molecule has 15 heavy (non-hydrogen) atoms. The predicted molar refractivity (Wildman–Crippen MR) is 57.7 cm³/mol. The molecule has 1 unspecified atom stereocenters. The summed E-state index contributed by atoms with van der Waals surface area (Å²) >= 11 is 0. The molecule has 1 aromatic rings. The van der Waals surface area contributed by atoms with Crippen molar-refractivity contribution >= 4 is 0 Å². The summed E-state index contributed by atoms with van der Waals surface area (Å²) in [7, 11) is 0. The molecule has 0 aliphatic carbocycles. The lowest BCUT2D eigenvalue weighted by atomic mass is 9.99. The zero-order valence-corrected chi connectivity index (χ0v) is 9.23. The Labute approximate surface area is 90.1 Å². The maximum atomic E-state index is 5.45. The number of aromatic nitrogens is 2. The molecule has 0 saturated carbocycles. The summed E-state index contributed by atoms with van der Waals surface area (Å²) in [6.45, 7) is 6.71. The van der Waals surface area contributed by atoms with Gasteiger partial charge in [-0.25, -0.2) is 9.97 Å². The van der Waals surface area contributed by atoms with E-state index in [0.29, 0.717) is 12.5 Å². The molecule has 0 radical (unpaired) electrons. The van der Waals surface area contributed by atoms with Gasteiger partial charge < -0.3 is 10.1 Å². The van der Waals surface area contributed by atoms with Crippen molar-refractivity contribution in [3.05, 3.63) is 23.8 Å². The van der Waals surface area contributed by atoms with Crippen molar-refractivity contribution < 1.29 is 4.74 Å². The first-order chi connectivity index (χ1) is 7.29. The van der Waals surface area contributed by atoms with Gasteiger partial charge in [-0.2, -0.15) is 0 Å². The SMILES string of the molecule is CC(C)c1cncnc1C1COCCN1. The molecule has 1 aromatic heterocycles. The molecule has 1 aliphatic rings. The average molecular weight is 207 g/mol. The molecule has 1 aliphatic heterocycles. The summed E-state index contributed by atoms with van der Waals surface area (Å²) in [5, 5.41) is 3.42. The van der Waals surface area contributed by atoms with E-state index in [0.717, 1.165) is 18.8 Å². The van der Waals surface area contributed by atoms with Crippen LogP contribution in [0.5, 0.6) is 0 Å². The Balaban J connectivity index is 2.25. The van der Waals surface area contributed by atoms with Crippen LogP contribution in [0.3, 0.4) is 0 Å². The minimum absolute atomic E-state index is 0.221. The van der Waals surface area contributed by atoms with Crippen molar-refractivity contribution in [3.63, 3.8) is 0 Å². The van der Waals surface area contributed by atoms with E-state index >= 15 is 0 Å². The van der Waals surface area contributed by atoms with Crippen LogP contribution in [-0.4, -0.2) is 29.7 Å². The molecule has 4 heteroatoms. The van der Waals surface area contributed by atoms with Crippen LogP contribution in [0.2, 0.25) is 0 Å². The monoisotopic (exact) mass is 207 g/mol. The number of rotatable bonds is 2. The van der Waals surface area contributed by atoms with Gasteiger partial charge in [0.25, 0.3) is 0 Å². The molecule has 0 spiro atoms. The standard InChI is InChI=1S/C11H17N3O/c1-8(2)9-5-12-7-14-11(9)10-6-15-4-3-13-10/h5,7-8,10,13H,3-4,6H2,1-2H3. The number of hydrogen-bond acceptors (Lipinski definition) is 4. The summed E-state index contributed by atoms with van der Waals surface area (Å²) in [6, 6.07) is 0.221. The summed E-state index contributed by atoms with van der Waals surface area (Å²) in [4.78, 5) is 8.45. The minimum atomic E-state index is 0.221. The summed E-state index contributed by atoms with van der Waals surface area (Å²) in [5.74, 6) is 0.449. The van der Waals surface area contributed by atoms with Crippen molar-refractivity contribution in [1.82, 2.24) is 15.3 Å². The number of nitrogens with zero attached hydrogens (tertiary/aromatic N) is 2. The van der Waals surface area contributed by atoms with Crippen molar-refractivity contribution in [2.75, 3.05) is 19.8 Å². The molecule has 0 aromatic carbocycles. The largest absolute Gasteiger partial charge is 0.378 e. The predicted octanol–water partition coefficient (Wildman–Crippen LogP) is 1.26. The van der Waals surface area contributed by atoms with Crippen molar-refractivity contribution in [2.24, 2.45) is 0 Å². The molecule has 2 heterocycles. The molecule has 4 nitrogen and oxygen atoms in total. The highest BCUT2D eigenvalue weighted by Gasteiger charge is 2.20. The zero-order valence-electron chi connectivity index (χ0n) is 9.23. The fraction of sp³-hybridized carbons (Fsp3) is 0.636. The second-order valence-corrected chi connectivity index (χ2v) is 4.10. The van der Waals surface area contributed by atoms with Crippen molar-refractivity contribution in [2.45, 2.75) is 25.8 Å². The second-order valence-electron chi connectivity index (χ2n) is 4.10. The van der Waals surface area contributed by atoms with Gasteiger partial charge in [0.15, 0.2) is 0 Å². The van der Waals surface area contributed by atoms with Crippen LogP contribution >= 0.6 is 0 Å². The third kappa shape index (κ3) is 2.33. The smallest absolute Gasteiger partial charge is 0.115 e. The maximum Gasteiger partial charge on any atom is 0.115 e. The normalized spacial score (nSPS) is 21.9. The van der Waals surface area contributed by atoms with E-state index in [-0.39, 0.29) is 6.04 Å². The van der Waals surface area contributed by atoms with E-state index in [4.69, 9.17) is 4.74 Å². The van der Waals surface area contributed by atoms with Gasteiger partial charge in [0.05, 0.1) is 24.9 Å². The third-order valence-corrected chi connectivity index (χ3v) is 2.65. The van der Waals surface area contributed by atoms with Crippen LogP contribution in [0.25, 0.3) is 0 Å². The van der Waals surface area contributed by atoms with Gasteiger partial charge in [-0.05, 0) is 11.5 Å². The Kier molecular flexibility index (Phi) is 3.28. The lowest BCUT2D eigenvalue weighted by Crippen LogP contribution is -2.35. The van der Waals surface area contributed by atoms with Crippen LogP contribution in [-0.2, 0) is 4.74 Å². The van der Waals surface area contributed by atoms with E-state index in [2.05, 4.69) is 29.1 Å². The highest BCUT2D eigenvalue weighted by molar-refractivity contribution is 5.23. The molecule has 1 N–H and O–H groups in total. The number of morpholine rings is 1. The van der Waals surface area contributed by atoms with E-state index in [1.54, 1.807) is 6.33 Å². The molecule has 0 amide bonds. The molecule has 2 rings (SSSR count). The van der Waals surface area contributed by atoms with Crippen molar-refractivity contribution in [1.29, 1.82) is 0 Å². The maximum absolute atomic E-state index is 5.45. The zero-order chi connectivity index (χ0) is 10.7. The number of hydrogen-bond donors (Lipinski definition) is 1. The minimum Gasteiger partial charge on any atom is -0.378 e. The molecule has 0 bridgehead atoms. The third-order valence-electron chi connectivity index (χ3n) is 2.65. The number of nitrogens with one attached hydrogen (secondary N) is 1. The highest BCUT2D eigenvalue weighted by atomic mass is 16.5. The Morgan fingerprint density at radius 3 is 3.07 bits per heavy atom. The van der Waals surface area contributed by atoms with E-state index < -0.39 is 0 Å². The van der Waals surface area contributed by atoms with Gasteiger partial charge in [0, 0.05) is 12.7 Å². The van der Waals surface area contributed by atoms with Gasteiger partial charge >= 0.3 is 0 Å². The first kappa shape index (κ1) is 10.5. The van der Waals surface area contributed by atoms with Gasteiger partial charge in [-0.1, -0.05) is 13.8 Å². The molecule has 1 atom stereocenters. The Hall–Kier alpha value is -1.00. The van der Waals surface area contributed by atoms with Crippen LogP contribution in [0, 0.1) is 0 Å². The Morgan fingerprint density at radius 1 is 1.53 bits per heavy atom. The van der Waals surface area contributed by atoms with Gasteiger partial charge in [-0.3, -0.25) is 0 Å². The highest BCUT2D eigenvalue weighted by Crippen LogP contribution is 2.23. The lowest BCUT2D eigenvalue weighted by Gasteiger charge is -2.25. The summed E-state index contributed by atoms with van der Waals surface area (Å²) in [6.07, 6.45) is 3.51. The van der Waals surface area contributed by atoms with E-state index in [9.17, 15) is 0 Å². The molecular formula is C11H17N3O. The Morgan fingerprint density at radius 2 is 2.40 bits per heavy atom. The van der Waals surface area contributed by atoms with Gasteiger partial charge in [0.1, 0.15) is 6.33 Å². The quantitative estimate of drug-likeness (QED) is 0.793. The van der Waals surface area contributed by atoms with E-state index in [1.807, 2.05) is 6.20 Å². The molecular weight excluding hydrogens is 190 g/mol. The van der Waals surface area contributed by atoms with Crippen LogP contribution < -0.4 is 5.32 Å². The topological polar surface area (TPSA) is 47.0 Å². The number of ether oxygens (including phenoxy) is 1. The second kappa shape index (κ2) is 4.68. The molecule has 82 valence electrons. The van der Waals surface area contributed by atoms with Crippen LogP contribution in [0.1, 0.15) is 37.1 Å². The summed E-state index contributed by atoms with van der Waals surface area (Å²) < 4.78 is 5.45. The lowest BCUT2D eigenvalue weighted by molar-refractivity contribution is 0.0752. The molecule has 1 saturated heterocycles.